The molecule has 8 nitrogen and oxygen atoms in total. The van der Waals surface area contributed by atoms with Gasteiger partial charge in [-0.25, -0.2) is 10.1 Å². The fourth-order valence-corrected chi connectivity index (χ4v) is 3.09. The molecule has 0 radical (unpaired) electrons. The molecule has 1 amide bonds. The van der Waals surface area contributed by atoms with Gasteiger partial charge in [-0.1, -0.05) is 65.8 Å². The molecule has 1 N–H and O–H groups in total. The topological polar surface area (TPSA) is 102 Å². The Morgan fingerprint density at radius 1 is 1.13 bits per heavy atom. The van der Waals surface area contributed by atoms with Gasteiger partial charge >= 0.3 is 0 Å². The molecule has 0 saturated carbocycles. The number of hydrazone groups is 1. The van der Waals surface area contributed by atoms with Gasteiger partial charge in [0.15, 0.2) is 5.58 Å². The van der Waals surface area contributed by atoms with Gasteiger partial charge in [0.1, 0.15) is 17.6 Å². The molecule has 4 rings (SSSR count). The highest BCUT2D eigenvalue weighted by molar-refractivity contribution is 5.83. The van der Waals surface area contributed by atoms with Crippen molar-refractivity contribution in [3.05, 3.63) is 93.5 Å². The number of aromatic nitrogens is 3. The largest absolute Gasteiger partial charge is 0.354 e. The molecule has 30 heavy (non-hydrogen) atoms. The standard InChI is InChI=1S/C22H19N5O3/c1-15-20-21(30-26-15)18(12-16-8-4-2-5-9-16)25-27(22(20)29)14-19(28)24-23-13-17-10-6-3-7-11-17/h2-11,13H,12,14H2,1H3,(H,24,28)/b23-13+. The van der Waals surface area contributed by atoms with E-state index in [1.54, 1.807) is 6.92 Å². The third-order valence-corrected chi connectivity index (χ3v) is 4.52. The fourth-order valence-electron chi connectivity index (χ4n) is 3.09. The molecule has 0 bridgehead atoms. The van der Waals surface area contributed by atoms with Crippen molar-refractivity contribution in [2.45, 2.75) is 19.9 Å². The number of rotatable bonds is 6. The molecule has 4 aromatic rings. The normalized spacial score (nSPS) is 11.2. The van der Waals surface area contributed by atoms with E-state index in [9.17, 15) is 9.59 Å². The lowest BCUT2D eigenvalue weighted by atomic mass is 10.1. The van der Waals surface area contributed by atoms with Gasteiger partial charge in [0.2, 0.25) is 0 Å². The maximum Gasteiger partial charge on any atom is 0.280 e. The fraction of sp³-hybridized carbons (Fsp3) is 0.136. The summed E-state index contributed by atoms with van der Waals surface area (Å²) in [7, 11) is 0. The first kappa shape index (κ1) is 19.3. The number of nitrogens with one attached hydrogen (secondary N) is 1. The van der Waals surface area contributed by atoms with Gasteiger partial charge in [0.05, 0.1) is 11.9 Å². The van der Waals surface area contributed by atoms with Gasteiger partial charge in [0, 0.05) is 6.42 Å². The lowest BCUT2D eigenvalue weighted by molar-refractivity contribution is -0.121. The molecule has 8 heteroatoms. The van der Waals surface area contributed by atoms with Crippen molar-refractivity contribution >= 4 is 23.1 Å². The van der Waals surface area contributed by atoms with Crippen molar-refractivity contribution in [3.63, 3.8) is 0 Å². The summed E-state index contributed by atoms with van der Waals surface area (Å²) in [4.78, 5) is 25.1. The molecule has 0 aliphatic carbocycles. The summed E-state index contributed by atoms with van der Waals surface area (Å²) in [6, 6.07) is 19.0. The van der Waals surface area contributed by atoms with E-state index in [4.69, 9.17) is 4.52 Å². The Morgan fingerprint density at radius 3 is 2.57 bits per heavy atom. The molecular weight excluding hydrogens is 382 g/mol. The first-order valence-electron chi connectivity index (χ1n) is 9.38. The predicted octanol–water partition coefficient (Wildman–Crippen LogP) is 2.43. The van der Waals surface area contributed by atoms with E-state index in [-0.39, 0.29) is 6.54 Å². The summed E-state index contributed by atoms with van der Waals surface area (Å²) in [5, 5.41) is 12.5. The lowest BCUT2D eigenvalue weighted by Crippen LogP contribution is -2.32. The summed E-state index contributed by atoms with van der Waals surface area (Å²) in [6.45, 7) is 1.42. The summed E-state index contributed by atoms with van der Waals surface area (Å²) in [5.74, 6) is -0.462. The van der Waals surface area contributed by atoms with Crippen molar-refractivity contribution in [1.82, 2.24) is 20.4 Å². The van der Waals surface area contributed by atoms with Crippen LogP contribution >= 0.6 is 0 Å². The minimum atomic E-state index is -0.462. The number of fused-ring (bicyclic) bond motifs is 1. The SMILES string of the molecule is Cc1noc2c(Cc3ccccc3)nn(CC(=O)N/N=C/c3ccccc3)c(=O)c12. The number of benzene rings is 2. The van der Waals surface area contributed by atoms with Gasteiger partial charge in [-0.05, 0) is 18.1 Å². The molecular formula is C22H19N5O3. The molecule has 0 spiro atoms. The number of carbonyl (C=O) groups is 1. The van der Waals surface area contributed by atoms with Crippen LogP contribution in [0.1, 0.15) is 22.5 Å². The minimum Gasteiger partial charge on any atom is -0.354 e. The van der Waals surface area contributed by atoms with Crippen LogP contribution in [0.4, 0.5) is 0 Å². The number of hydrogen-bond acceptors (Lipinski definition) is 6. The average Bonchev–Trinajstić information content (AvgIpc) is 3.15. The van der Waals surface area contributed by atoms with Crippen molar-refractivity contribution in [2.75, 3.05) is 0 Å². The molecule has 150 valence electrons. The van der Waals surface area contributed by atoms with Crippen molar-refractivity contribution in [1.29, 1.82) is 0 Å². The maximum atomic E-state index is 12.8. The maximum absolute atomic E-state index is 12.8. The molecule has 0 fully saturated rings. The second kappa shape index (κ2) is 8.52. The van der Waals surface area contributed by atoms with Crippen molar-refractivity contribution in [3.8, 4) is 0 Å². The first-order valence-corrected chi connectivity index (χ1v) is 9.38. The lowest BCUT2D eigenvalue weighted by Gasteiger charge is -2.07. The van der Waals surface area contributed by atoms with Gasteiger partial charge in [-0.15, -0.1) is 0 Å². The number of hydrogen-bond donors (Lipinski definition) is 1. The summed E-state index contributed by atoms with van der Waals surface area (Å²) < 4.78 is 6.48. The Kier molecular flexibility index (Phi) is 5.47. The number of nitrogens with zero attached hydrogens (tertiary/aromatic N) is 4. The van der Waals surface area contributed by atoms with Crippen LogP contribution in [0, 0.1) is 6.92 Å². The van der Waals surface area contributed by atoms with E-state index in [0.717, 1.165) is 15.8 Å². The molecule has 2 aromatic carbocycles. The highest BCUT2D eigenvalue weighted by Crippen LogP contribution is 2.19. The van der Waals surface area contributed by atoms with Crippen molar-refractivity contribution < 1.29 is 9.32 Å². The van der Waals surface area contributed by atoms with Crippen LogP contribution in [0.2, 0.25) is 0 Å². The second-order valence-electron chi connectivity index (χ2n) is 6.75. The van der Waals surface area contributed by atoms with Crippen LogP contribution in [-0.4, -0.2) is 27.1 Å². The molecule has 2 heterocycles. The van der Waals surface area contributed by atoms with Crippen LogP contribution < -0.4 is 11.0 Å². The van der Waals surface area contributed by atoms with E-state index >= 15 is 0 Å². The van der Waals surface area contributed by atoms with Crippen LogP contribution in [0.25, 0.3) is 11.0 Å². The van der Waals surface area contributed by atoms with E-state index in [2.05, 4.69) is 20.8 Å². The zero-order valence-corrected chi connectivity index (χ0v) is 16.3. The zero-order valence-electron chi connectivity index (χ0n) is 16.3. The Hall–Kier alpha value is -4.07. The first-order chi connectivity index (χ1) is 14.6. The number of amides is 1. The Balaban J connectivity index is 1.59. The quantitative estimate of drug-likeness (QED) is 0.395. The Morgan fingerprint density at radius 2 is 1.83 bits per heavy atom. The monoisotopic (exact) mass is 401 g/mol. The predicted molar refractivity (Wildman–Crippen MR) is 112 cm³/mol. The highest BCUT2D eigenvalue weighted by atomic mass is 16.5. The molecule has 0 aliphatic heterocycles. The van der Waals surface area contributed by atoms with Crippen LogP contribution in [0.5, 0.6) is 0 Å². The average molecular weight is 401 g/mol. The van der Waals surface area contributed by atoms with Gasteiger partial charge < -0.3 is 4.52 Å². The summed E-state index contributed by atoms with van der Waals surface area (Å²) in [5.41, 5.74) is 5.19. The minimum absolute atomic E-state index is 0.271. The Labute approximate surface area is 171 Å². The van der Waals surface area contributed by atoms with E-state index in [1.807, 2.05) is 60.7 Å². The van der Waals surface area contributed by atoms with Gasteiger partial charge in [-0.2, -0.15) is 10.2 Å². The van der Waals surface area contributed by atoms with Gasteiger partial charge in [-0.3, -0.25) is 9.59 Å². The number of aryl methyl sites for hydroxylation is 1. The molecule has 0 unspecified atom stereocenters. The van der Waals surface area contributed by atoms with Gasteiger partial charge in [0.25, 0.3) is 11.5 Å². The van der Waals surface area contributed by atoms with E-state index in [0.29, 0.717) is 28.8 Å². The second-order valence-corrected chi connectivity index (χ2v) is 6.75. The Bertz CT molecular complexity index is 1260. The number of carbonyl (C=O) groups excluding carboxylic acids is 1. The smallest absolute Gasteiger partial charge is 0.280 e. The van der Waals surface area contributed by atoms with E-state index in [1.165, 1.54) is 6.21 Å². The van der Waals surface area contributed by atoms with Crippen LogP contribution in [0.3, 0.4) is 0 Å². The molecule has 0 aliphatic rings. The van der Waals surface area contributed by atoms with Crippen molar-refractivity contribution in [2.24, 2.45) is 5.10 Å². The summed E-state index contributed by atoms with van der Waals surface area (Å²) in [6.07, 6.45) is 1.97. The highest BCUT2D eigenvalue weighted by Gasteiger charge is 2.19. The van der Waals surface area contributed by atoms with Crippen LogP contribution in [-0.2, 0) is 17.8 Å². The molecule has 2 aromatic heterocycles. The summed E-state index contributed by atoms with van der Waals surface area (Å²) >= 11 is 0. The third-order valence-electron chi connectivity index (χ3n) is 4.52. The molecule has 0 saturated heterocycles. The third kappa shape index (κ3) is 4.17. The zero-order chi connectivity index (χ0) is 20.9. The van der Waals surface area contributed by atoms with Crippen LogP contribution in [0.15, 0.2) is 75.1 Å². The van der Waals surface area contributed by atoms with E-state index < -0.39 is 11.5 Å². The molecule has 0 atom stereocenters.